The Kier molecular flexibility index (Phi) is 11.5. The van der Waals surface area contributed by atoms with Crippen molar-refractivity contribution >= 4 is 42.9 Å². The van der Waals surface area contributed by atoms with Crippen LogP contribution in [0.1, 0.15) is 60.7 Å². The Morgan fingerprint density at radius 3 is 1.18 bits per heavy atom. The molecule has 2 aromatic rings. The first-order valence-corrected chi connectivity index (χ1v) is 13.3. The summed E-state index contributed by atoms with van der Waals surface area (Å²) in [4.78, 5) is 11.1. The highest BCUT2D eigenvalue weighted by Gasteiger charge is 2.11. The van der Waals surface area contributed by atoms with Gasteiger partial charge in [0.15, 0.2) is 0 Å². The van der Waals surface area contributed by atoms with Crippen LogP contribution in [0, 0.1) is 13.8 Å². The van der Waals surface area contributed by atoms with Crippen molar-refractivity contribution in [3.8, 4) is 0 Å². The summed E-state index contributed by atoms with van der Waals surface area (Å²) in [6.07, 6.45) is 0. The number of aryl methyl sites for hydroxylation is 2. The molecule has 0 unspecified atom stereocenters. The maximum atomic E-state index is 9.86. The molecule has 0 aliphatic carbocycles. The first-order chi connectivity index (χ1) is 12.6. The fraction of sp³-hybridized carbons (Fsp3) is 0.625. The van der Waals surface area contributed by atoms with Crippen LogP contribution in [0.4, 0.5) is 0 Å². The Labute approximate surface area is 175 Å². The van der Waals surface area contributed by atoms with E-state index in [0.717, 1.165) is 0 Å². The van der Waals surface area contributed by atoms with Gasteiger partial charge in [0.05, 0.1) is 33.9 Å². The summed E-state index contributed by atoms with van der Waals surface area (Å²) in [6.45, 7) is 12.9. The Morgan fingerprint density at radius 1 is 0.786 bits per heavy atom. The quantitative estimate of drug-likeness (QED) is 0.625. The Morgan fingerprint density at radius 2 is 1.07 bits per heavy atom. The average Bonchev–Trinajstić information content (AvgIpc) is 3.13. The highest BCUT2D eigenvalue weighted by molar-refractivity contribution is 7.89. The number of thiazole rings is 2. The van der Waals surface area contributed by atoms with Gasteiger partial charge in [0, 0.05) is 9.75 Å². The molecule has 28 heavy (non-hydrogen) atoms. The molecule has 0 spiro atoms. The van der Waals surface area contributed by atoms with Crippen LogP contribution in [0.25, 0.3) is 0 Å². The van der Waals surface area contributed by atoms with Gasteiger partial charge >= 0.3 is 0 Å². The van der Waals surface area contributed by atoms with Crippen molar-refractivity contribution in [1.29, 1.82) is 0 Å². The van der Waals surface area contributed by atoms with Crippen molar-refractivity contribution in [2.75, 3.05) is 11.5 Å². The molecule has 2 N–H and O–H groups in total. The minimum atomic E-state index is -4.30. The summed E-state index contributed by atoms with van der Waals surface area (Å²) in [7, 11) is -8.59. The molecule has 0 saturated carbocycles. The van der Waals surface area contributed by atoms with E-state index in [2.05, 4.69) is 51.5 Å². The van der Waals surface area contributed by atoms with Gasteiger partial charge in [0.1, 0.15) is 0 Å². The van der Waals surface area contributed by atoms with Crippen molar-refractivity contribution < 1.29 is 25.9 Å². The molecular formula is C16H28N2O6S4. The van der Waals surface area contributed by atoms with Crippen molar-refractivity contribution in [1.82, 2.24) is 9.97 Å². The lowest BCUT2D eigenvalue weighted by Gasteiger charge is -1.98. The minimum absolute atomic E-state index is 0.637. The van der Waals surface area contributed by atoms with E-state index in [9.17, 15) is 16.8 Å². The van der Waals surface area contributed by atoms with Crippen LogP contribution in [0.2, 0.25) is 0 Å². The van der Waals surface area contributed by atoms with Crippen LogP contribution in [0.15, 0.2) is 11.0 Å². The summed E-state index contributed by atoms with van der Waals surface area (Å²) in [5.41, 5.74) is 6.19. The van der Waals surface area contributed by atoms with E-state index < -0.39 is 31.7 Å². The van der Waals surface area contributed by atoms with Crippen LogP contribution < -0.4 is 0 Å². The van der Waals surface area contributed by atoms with Gasteiger partial charge in [-0.1, -0.05) is 27.7 Å². The number of hydrogen-bond donors (Lipinski definition) is 2. The fourth-order valence-corrected chi connectivity index (χ4v) is 5.27. The lowest BCUT2D eigenvalue weighted by atomic mass is 10.1. The van der Waals surface area contributed by atoms with E-state index in [4.69, 9.17) is 9.11 Å². The second kappa shape index (κ2) is 11.9. The fourth-order valence-electron chi connectivity index (χ4n) is 1.94. The van der Waals surface area contributed by atoms with Crippen LogP contribution in [-0.4, -0.2) is 47.4 Å². The molecular weight excluding hydrogens is 444 g/mol. The van der Waals surface area contributed by atoms with E-state index in [1.54, 1.807) is 22.7 Å². The van der Waals surface area contributed by atoms with Gasteiger partial charge in [0.2, 0.25) is 0 Å². The Hall–Kier alpha value is -0.920. The normalized spacial score (nSPS) is 11.6. The van der Waals surface area contributed by atoms with E-state index in [-0.39, 0.29) is 0 Å². The molecule has 0 aliphatic rings. The highest BCUT2D eigenvalue weighted by atomic mass is 32.2. The zero-order chi connectivity index (χ0) is 22.1. The van der Waals surface area contributed by atoms with Gasteiger partial charge in [0.25, 0.3) is 20.2 Å². The van der Waals surface area contributed by atoms with Crippen molar-refractivity contribution in [3.63, 3.8) is 0 Å². The standard InChI is InChI=1S/2C7H11NS.C2H6O6S2/c2*1-5(2)7-6(3)8-4-9-7;3-9(4,5)1-2-10(6,7)8/h2*4-5H,1-3H3;1-2H2,(H,3,4,5)(H,6,7,8). The summed E-state index contributed by atoms with van der Waals surface area (Å²) >= 11 is 3.49. The third-order valence-electron chi connectivity index (χ3n) is 3.21. The van der Waals surface area contributed by atoms with Gasteiger partial charge in [-0.05, 0) is 25.7 Å². The largest absolute Gasteiger partial charge is 0.286 e. The second-order valence-electron chi connectivity index (χ2n) is 6.49. The lowest BCUT2D eigenvalue weighted by molar-refractivity contribution is 0.472. The Bertz CT molecular complexity index is 838. The molecule has 0 aromatic carbocycles. The Balaban J connectivity index is 0.000000391. The van der Waals surface area contributed by atoms with Crippen molar-refractivity contribution in [2.45, 2.75) is 53.4 Å². The van der Waals surface area contributed by atoms with Gasteiger partial charge < -0.3 is 0 Å². The first kappa shape index (κ1) is 27.1. The van der Waals surface area contributed by atoms with Crippen LogP contribution >= 0.6 is 22.7 Å². The highest BCUT2D eigenvalue weighted by Crippen LogP contribution is 2.22. The molecule has 0 aliphatic heterocycles. The molecule has 2 heterocycles. The number of hydrogen-bond acceptors (Lipinski definition) is 8. The van der Waals surface area contributed by atoms with Crippen molar-refractivity contribution in [2.24, 2.45) is 0 Å². The lowest BCUT2D eigenvalue weighted by Crippen LogP contribution is -2.15. The van der Waals surface area contributed by atoms with E-state index in [0.29, 0.717) is 11.8 Å². The minimum Gasteiger partial charge on any atom is -0.286 e. The van der Waals surface area contributed by atoms with E-state index in [1.165, 1.54) is 21.1 Å². The molecule has 0 radical (unpaired) electrons. The monoisotopic (exact) mass is 472 g/mol. The van der Waals surface area contributed by atoms with Gasteiger partial charge in [-0.2, -0.15) is 16.8 Å². The predicted octanol–water partition coefficient (Wildman–Crippen LogP) is 3.91. The van der Waals surface area contributed by atoms with E-state index >= 15 is 0 Å². The van der Waals surface area contributed by atoms with Crippen LogP contribution in [-0.2, 0) is 20.2 Å². The van der Waals surface area contributed by atoms with Crippen molar-refractivity contribution in [3.05, 3.63) is 32.2 Å². The summed E-state index contributed by atoms with van der Waals surface area (Å²) in [5, 5.41) is 0. The third-order valence-corrected chi connectivity index (χ3v) is 7.37. The molecule has 0 bridgehead atoms. The predicted molar refractivity (Wildman–Crippen MR) is 115 cm³/mol. The van der Waals surface area contributed by atoms with Crippen LogP contribution in [0.3, 0.4) is 0 Å². The zero-order valence-corrected chi connectivity index (χ0v) is 20.0. The maximum absolute atomic E-state index is 9.86. The zero-order valence-electron chi connectivity index (χ0n) is 16.8. The molecule has 8 nitrogen and oxygen atoms in total. The van der Waals surface area contributed by atoms with Gasteiger partial charge in [-0.15, -0.1) is 22.7 Å². The molecule has 0 saturated heterocycles. The van der Waals surface area contributed by atoms with Gasteiger partial charge in [-0.25, -0.2) is 9.97 Å². The maximum Gasteiger partial charge on any atom is 0.265 e. The van der Waals surface area contributed by atoms with Crippen LogP contribution in [0.5, 0.6) is 0 Å². The SMILES string of the molecule is Cc1ncsc1C(C)C.Cc1ncsc1C(C)C.O=S(=O)(O)CCS(=O)(=O)O. The molecule has 0 fully saturated rings. The smallest absolute Gasteiger partial charge is 0.265 e. The third kappa shape index (κ3) is 12.5. The van der Waals surface area contributed by atoms with Gasteiger partial charge in [-0.3, -0.25) is 9.11 Å². The summed E-state index contributed by atoms with van der Waals surface area (Å²) in [5.74, 6) is -0.688. The first-order valence-electron chi connectivity index (χ1n) is 8.34. The molecule has 2 aromatic heterocycles. The molecule has 0 amide bonds. The summed E-state index contributed by atoms with van der Waals surface area (Å²) in [6, 6.07) is 0. The number of nitrogens with zero attached hydrogens (tertiary/aromatic N) is 2. The topological polar surface area (TPSA) is 135 Å². The molecule has 2 rings (SSSR count). The summed E-state index contributed by atoms with van der Waals surface area (Å²) < 4.78 is 55.4. The number of aromatic nitrogens is 2. The molecule has 0 atom stereocenters. The number of rotatable bonds is 5. The second-order valence-corrected chi connectivity index (χ2v) is 11.4. The van der Waals surface area contributed by atoms with E-state index in [1.807, 2.05) is 11.0 Å². The molecule has 12 heteroatoms. The average molecular weight is 473 g/mol. The molecule has 162 valence electrons.